The van der Waals surface area contributed by atoms with Gasteiger partial charge < -0.3 is 10.2 Å². The third kappa shape index (κ3) is 4.12. The number of nitrogens with one attached hydrogen (secondary N) is 1. The van der Waals surface area contributed by atoms with Crippen LogP contribution < -0.4 is 15.1 Å². The lowest BCUT2D eigenvalue weighted by molar-refractivity contribution is -0.137. The van der Waals surface area contributed by atoms with E-state index in [9.17, 15) is 27.2 Å². The first-order valence-electron chi connectivity index (χ1n) is 9.22. The van der Waals surface area contributed by atoms with E-state index in [1.165, 1.54) is 31.3 Å². The van der Waals surface area contributed by atoms with Crippen LogP contribution in [-0.2, 0) is 11.0 Å². The summed E-state index contributed by atoms with van der Waals surface area (Å²) < 4.78 is 53.8. The molecule has 0 radical (unpaired) electrons. The summed E-state index contributed by atoms with van der Waals surface area (Å²) in [5.41, 5.74) is -1.97. The van der Waals surface area contributed by atoms with Gasteiger partial charge in [0.05, 0.1) is 23.4 Å². The van der Waals surface area contributed by atoms with E-state index >= 15 is 0 Å². The van der Waals surface area contributed by atoms with Gasteiger partial charge in [-0.25, -0.2) is 4.39 Å². The van der Waals surface area contributed by atoms with Gasteiger partial charge in [-0.1, -0.05) is 18.3 Å². The van der Waals surface area contributed by atoms with Crippen molar-refractivity contribution >= 4 is 40.4 Å². The van der Waals surface area contributed by atoms with Gasteiger partial charge in [-0.15, -0.1) is 0 Å². The molecule has 0 aliphatic carbocycles. The summed E-state index contributed by atoms with van der Waals surface area (Å²) in [5.74, 6) is -1.92. The quantitative estimate of drug-likeness (QED) is 0.560. The van der Waals surface area contributed by atoms with E-state index in [1.807, 2.05) is 0 Å². The van der Waals surface area contributed by atoms with Crippen molar-refractivity contribution in [2.75, 3.05) is 23.4 Å². The molecular weight excluding hydrogens is 434 g/mol. The third-order valence-corrected chi connectivity index (χ3v) is 5.42. The molecule has 0 unspecified atom stereocenters. The summed E-state index contributed by atoms with van der Waals surface area (Å²) in [4.78, 5) is 27.7. The predicted molar refractivity (Wildman–Crippen MR) is 113 cm³/mol. The summed E-state index contributed by atoms with van der Waals surface area (Å²) in [6, 6.07) is 8.28. The minimum atomic E-state index is -4.57. The fourth-order valence-corrected chi connectivity index (χ4v) is 3.71. The number of benzene rings is 2. The number of alkyl halides is 3. The minimum Gasteiger partial charge on any atom is -0.355 e. The molecule has 1 heterocycles. The zero-order valence-corrected chi connectivity index (χ0v) is 17.7. The second kappa shape index (κ2) is 7.92. The van der Waals surface area contributed by atoms with Crippen LogP contribution in [0, 0.1) is 5.82 Å². The predicted octanol–water partition coefficient (Wildman–Crippen LogP) is 4.16. The van der Waals surface area contributed by atoms with Crippen molar-refractivity contribution < 1.29 is 27.2 Å². The average Bonchev–Trinajstić information content (AvgIpc) is 2.70. The molecule has 1 N–H and O–H groups in total. The smallest absolute Gasteiger partial charge is 0.355 e. The van der Waals surface area contributed by atoms with Crippen LogP contribution in [0.2, 0.25) is 0 Å². The Bertz CT molecular complexity index is 1070. The molecular formula is C21H19F4N3O2S. The van der Waals surface area contributed by atoms with Crippen LogP contribution in [0.25, 0.3) is 0 Å². The van der Waals surface area contributed by atoms with Crippen LogP contribution in [0.3, 0.4) is 0 Å². The van der Waals surface area contributed by atoms with Crippen molar-refractivity contribution in [3.63, 3.8) is 0 Å². The molecule has 0 saturated carbocycles. The lowest BCUT2D eigenvalue weighted by atomic mass is 9.95. The maximum atomic E-state index is 14.5. The summed E-state index contributed by atoms with van der Waals surface area (Å²) in [7, 11) is 1.38. The molecule has 2 aromatic carbocycles. The minimum absolute atomic E-state index is 0.0108. The largest absolute Gasteiger partial charge is 0.416 e. The maximum Gasteiger partial charge on any atom is 0.416 e. The van der Waals surface area contributed by atoms with Crippen LogP contribution in [0.5, 0.6) is 0 Å². The van der Waals surface area contributed by atoms with E-state index in [-0.39, 0.29) is 22.8 Å². The van der Waals surface area contributed by atoms with Gasteiger partial charge in [-0.3, -0.25) is 14.5 Å². The molecule has 2 amide bonds. The number of thiocarbonyl (C=S) groups is 1. The highest BCUT2D eigenvalue weighted by molar-refractivity contribution is 7.80. The first-order chi connectivity index (χ1) is 14.4. The fraction of sp³-hybridized carbons (Fsp3) is 0.286. The highest BCUT2D eigenvalue weighted by atomic mass is 32.1. The van der Waals surface area contributed by atoms with E-state index in [0.717, 1.165) is 23.1 Å². The maximum absolute atomic E-state index is 14.5. The molecule has 5 nitrogen and oxygen atoms in total. The molecule has 31 heavy (non-hydrogen) atoms. The SMILES string of the molecule is CNC(=O)c1ccc(N2CC(=S)N(c3cccc(C(F)(F)F)c3)C(=O)C2(C)C)cc1F. The number of rotatable bonds is 3. The zero-order chi connectivity index (χ0) is 23.1. The monoisotopic (exact) mass is 453 g/mol. The number of carbonyl (C=O) groups is 2. The highest BCUT2D eigenvalue weighted by Gasteiger charge is 2.45. The van der Waals surface area contributed by atoms with Crippen molar-refractivity contribution in [3.05, 3.63) is 59.4 Å². The average molecular weight is 453 g/mol. The molecule has 3 rings (SSSR count). The van der Waals surface area contributed by atoms with Gasteiger partial charge in [0.15, 0.2) is 0 Å². The summed E-state index contributed by atoms with van der Waals surface area (Å²) in [6.07, 6.45) is -4.57. The third-order valence-electron chi connectivity index (χ3n) is 5.11. The topological polar surface area (TPSA) is 52.7 Å². The second-order valence-electron chi connectivity index (χ2n) is 7.47. The highest BCUT2D eigenvalue weighted by Crippen LogP contribution is 2.36. The van der Waals surface area contributed by atoms with Crippen molar-refractivity contribution in [1.29, 1.82) is 0 Å². The van der Waals surface area contributed by atoms with E-state index in [0.29, 0.717) is 5.69 Å². The van der Waals surface area contributed by atoms with E-state index in [1.54, 1.807) is 18.7 Å². The van der Waals surface area contributed by atoms with E-state index < -0.39 is 34.9 Å². The number of anilines is 2. The fourth-order valence-electron chi connectivity index (χ4n) is 3.39. The Hall–Kier alpha value is -3.01. The number of amides is 2. The van der Waals surface area contributed by atoms with Gasteiger partial charge in [-0.05, 0) is 50.2 Å². The molecule has 0 bridgehead atoms. The molecule has 1 fully saturated rings. The van der Waals surface area contributed by atoms with Crippen LogP contribution in [-0.4, -0.2) is 35.9 Å². The molecule has 0 aromatic heterocycles. The molecule has 1 aliphatic rings. The number of carbonyl (C=O) groups excluding carboxylic acids is 2. The van der Waals surface area contributed by atoms with Gasteiger partial charge in [0.1, 0.15) is 16.3 Å². The Morgan fingerprint density at radius 1 is 1.13 bits per heavy atom. The number of nitrogens with zero attached hydrogens (tertiary/aromatic N) is 2. The van der Waals surface area contributed by atoms with Crippen LogP contribution in [0.4, 0.5) is 28.9 Å². The number of halogens is 4. The van der Waals surface area contributed by atoms with Gasteiger partial charge >= 0.3 is 6.18 Å². The van der Waals surface area contributed by atoms with Crippen molar-refractivity contribution in [3.8, 4) is 0 Å². The lowest BCUT2D eigenvalue weighted by Crippen LogP contribution is -2.65. The van der Waals surface area contributed by atoms with Crippen LogP contribution in [0.1, 0.15) is 29.8 Å². The Morgan fingerprint density at radius 3 is 2.39 bits per heavy atom. The molecule has 1 saturated heterocycles. The van der Waals surface area contributed by atoms with Crippen molar-refractivity contribution in [2.45, 2.75) is 25.6 Å². The van der Waals surface area contributed by atoms with Crippen molar-refractivity contribution in [2.24, 2.45) is 0 Å². The Balaban J connectivity index is 1.98. The molecule has 0 spiro atoms. The van der Waals surface area contributed by atoms with Gasteiger partial charge in [0.25, 0.3) is 11.8 Å². The molecule has 2 aromatic rings. The molecule has 164 valence electrons. The second-order valence-corrected chi connectivity index (χ2v) is 7.94. The first kappa shape index (κ1) is 22.7. The van der Waals surface area contributed by atoms with Crippen LogP contribution >= 0.6 is 12.2 Å². The Kier molecular flexibility index (Phi) is 5.79. The Labute approximate surface area is 181 Å². The van der Waals surface area contributed by atoms with Gasteiger partial charge in [-0.2, -0.15) is 13.2 Å². The lowest BCUT2D eigenvalue weighted by Gasteiger charge is -2.47. The number of piperazine rings is 1. The molecule has 0 atom stereocenters. The summed E-state index contributed by atoms with van der Waals surface area (Å²) >= 11 is 5.35. The number of hydrogen-bond acceptors (Lipinski definition) is 4. The van der Waals surface area contributed by atoms with Gasteiger partial charge in [0.2, 0.25) is 0 Å². The van der Waals surface area contributed by atoms with Crippen LogP contribution in [0.15, 0.2) is 42.5 Å². The molecule has 1 aliphatic heterocycles. The van der Waals surface area contributed by atoms with E-state index in [4.69, 9.17) is 12.2 Å². The first-order valence-corrected chi connectivity index (χ1v) is 9.62. The zero-order valence-electron chi connectivity index (χ0n) is 16.9. The normalized spacial score (nSPS) is 16.5. The van der Waals surface area contributed by atoms with Crippen molar-refractivity contribution in [1.82, 2.24) is 5.32 Å². The Morgan fingerprint density at radius 2 is 1.81 bits per heavy atom. The standard InChI is InChI=1S/C21H19F4N3O2S/c1-20(2)19(30)28(14-6-4-5-12(9-14)21(23,24)25)17(31)11-27(20)13-7-8-15(16(22)10-13)18(29)26-3/h4-10H,11H2,1-3H3,(H,26,29). The van der Waals surface area contributed by atoms with E-state index in [2.05, 4.69) is 5.32 Å². The summed E-state index contributed by atoms with van der Waals surface area (Å²) in [6.45, 7) is 3.13. The molecule has 10 heteroatoms. The van der Waals surface area contributed by atoms with Gasteiger partial charge in [0, 0.05) is 12.7 Å². The number of hydrogen-bond donors (Lipinski definition) is 1. The summed E-state index contributed by atoms with van der Waals surface area (Å²) in [5, 5.41) is 2.34.